The number of nitrogens with zero attached hydrogens (tertiary/aromatic N) is 1. The van der Waals surface area contributed by atoms with Gasteiger partial charge in [0.25, 0.3) is 0 Å². The lowest BCUT2D eigenvalue weighted by atomic mass is 10.2. The van der Waals surface area contributed by atoms with E-state index in [4.69, 9.17) is 0 Å². The summed E-state index contributed by atoms with van der Waals surface area (Å²) in [6.45, 7) is 3.35. The number of rotatable bonds is 3. The van der Waals surface area contributed by atoms with Crippen LogP contribution in [0.4, 0.5) is 5.69 Å². The van der Waals surface area contributed by atoms with E-state index in [2.05, 4.69) is 12.2 Å². The fraction of sp³-hybridized carbons (Fsp3) is 0.500. The molecule has 0 saturated carbocycles. The topological polar surface area (TPSA) is 49.4 Å². The third-order valence-corrected chi connectivity index (χ3v) is 5.05. The molecule has 0 spiro atoms. The Morgan fingerprint density at radius 1 is 1.29 bits per heavy atom. The number of hydrogen-bond acceptors (Lipinski definition) is 3. The maximum absolute atomic E-state index is 12.3. The summed E-state index contributed by atoms with van der Waals surface area (Å²) in [7, 11) is -1.48. The van der Waals surface area contributed by atoms with Crippen molar-refractivity contribution in [1.82, 2.24) is 4.31 Å². The van der Waals surface area contributed by atoms with Gasteiger partial charge in [0.15, 0.2) is 0 Å². The Morgan fingerprint density at radius 3 is 2.41 bits per heavy atom. The lowest BCUT2D eigenvalue weighted by Gasteiger charge is -2.16. The highest BCUT2D eigenvalue weighted by Crippen LogP contribution is 2.24. The van der Waals surface area contributed by atoms with Crippen LogP contribution in [0.2, 0.25) is 0 Å². The van der Waals surface area contributed by atoms with Crippen molar-refractivity contribution in [2.45, 2.75) is 18.2 Å². The second-order valence-corrected chi connectivity index (χ2v) is 6.47. The summed E-state index contributed by atoms with van der Waals surface area (Å²) in [5.41, 5.74) is 0.915. The summed E-state index contributed by atoms with van der Waals surface area (Å²) in [6.07, 6.45) is 0.952. The fourth-order valence-electron chi connectivity index (χ4n) is 2.06. The van der Waals surface area contributed by atoms with E-state index in [9.17, 15) is 8.42 Å². The van der Waals surface area contributed by atoms with Crippen molar-refractivity contribution >= 4 is 15.7 Å². The molecule has 94 valence electrons. The highest BCUT2D eigenvalue weighted by atomic mass is 32.2. The van der Waals surface area contributed by atoms with Crippen LogP contribution in [0.3, 0.4) is 0 Å². The first-order valence-electron chi connectivity index (χ1n) is 5.82. The van der Waals surface area contributed by atoms with Crippen molar-refractivity contribution in [2.24, 2.45) is 5.92 Å². The Balaban J connectivity index is 2.25. The minimum Gasteiger partial charge on any atom is -0.388 e. The molecule has 5 heteroatoms. The van der Waals surface area contributed by atoms with Gasteiger partial charge in [0, 0.05) is 25.8 Å². The average Bonchev–Trinajstić information content (AvgIpc) is 2.77. The zero-order valence-electron chi connectivity index (χ0n) is 10.2. The van der Waals surface area contributed by atoms with E-state index in [1.807, 2.05) is 7.05 Å². The molecule has 17 heavy (non-hydrogen) atoms. The van der Waals surface area contributed by atoms with Gasteiger partial charge >= 0.3 is 0 Å². The Kier molecular flexibility index (Phi) is 3.40. The van der Waals surface area contributed by atoms with E-state index in [1.54, 1.807) is 28.6 Å². The minimum atomic E-state index is -3.29. The molecule has 0 radical (unpaired) electrons. The second-order valence-electron chi connectivity index (χ2n) is 4.53. The normalized spacial score (nSPS) is 21.6. The average molecular weight is 254 g/mol. The molecular formula is C12H18N2O2S. The molecule has 1 aromatic carbocycles. The molecule has 0 aromatic heterocycles. The third kappa shape index (κ3) is 2.45. The quantitative estimate of drug-likeness (QED) is 0.894. The van der Waals surface area contributed by atoms with Crippen molar-refractivity contribution < 1.29 is 8.42 Å². The maximum Gasteiger partial charge on any atom is 0.243 e. The lowest BCUT2D eigenvalue weighted by Crippen LogP contribution is -2.28. The number of benzene rings is 1. The molecule has 1 N–H and O–H groups in total. The zero-order valence-corrected chi connectivity index (χ0v) is 11.0. The molecule has 1 atom stereocenters. The van der Waals surface area contributed by atoms with Gasteiger partial charge in [0.05, 0.1) is 4.90 Å². The van der Waals surface area contributed by atoms with Crippen LogP contribution in [0.5, 0.6) is 0 Å². The van der Waals surface area contributed by atoms with Crippen molar-refractivity contribution in [3.05, 3.63) is 24.3 Å². The first kappa shape index (κ1) is 12.4. The van der Waals surface area contributed by atoms with Gasteiger partial charge in [0.2, 0.25) is 10.0 Å². The van der Waals surface area contributed by atoms with Crippen LogP contribution < -0.4 is 5.32 Å². The van der Waals surface area contributed by atoms with E-state index >= 15 is 0 Å². The summed E-state index contributed by atoms with van der Waals surface area (Å²) in [4.78, 5) is 0.380. The molecule has 1 fully saturated rings. The van der Waals surface area contributed by atoms with Crippen LogP contribution in [0.25, 0.3) is 0 Å². The predicted octanol–water partition coefficient (Wildman–Crippen LogP) is 1.76. The van der Waals surface area contributed by atoms with Gasteiger partial charge in [-0.15, -0.1) is 0 Å². The molecule has 1 heterocycles. The lowest BCUT2D eigenvalue weighted by molar-refractivity contribution is 0.464. The Bertz CT molecular complexity index is 482. The van der Waals surface area contributed by atoms with E-state index in [0.717, 1.165) is 12.1 Å². The van der Waals surface area contributed by atoms with Gasteiger partial charge < -0.3 is 5.32 Å². The predicted molar refractivity (Wildman–Crippen MR) is 68.5 cm³/mol. The maximum atomic E-state index is 12.3. The third-order valence-electron chi connectivity index (χ3n) is 3.17. The smallest absolute Gasteiger partial charge is 0.243 e. The van der Waals surface area contributed by atoms with Crippen LogP contribution in [-0.4, -0.2) is 32.9 Å². The van der Waals surface area contributed by atoms with Crippen LogP contribution in [0.1, 0.15) is 13.3 Å². The highest BCUT2D eigenvalue weighted by Gasteiger charge is 2.30. The molecule has 4 nitrogen and oxygen atoms in total. The van der Waals surface area contributed by atoms with E-state index in [0.29, 0.717) is 23.9 Å². The Morgan fingerprint density at radius 2 is 1.94 bits per heavy atom. The summed E-state index contributed by atoms with van der Waals surface area (Å²) < 4.78 is 26.1. The zero-order chi connectivity index (χ0) is 12.5. The van der Waals surface area contributed by atoms with Crippen molar-refractivity contribution in [1.29, 1.82) is 0 Å². The van der Waals surface area contributed by atoms with Gasteiger partial charge in [0.1, 0.15) is 0 Å². The van der Waals surface area contributed by atoms with Crippen LogP contribution in [-0.2, 0) is 10.0 Å². The largest absolute Gasteiger partial charge is 0.388 e. The minimum absolute atomic E-state index is 0.380. The number of sulfonamides is 1. The molecule has 1 aliphatic rings. The second kappa shape index (κ2) is 4.66. The SMILES string of the molecule is CNc1ccc(S(=O)(=O)N2CCC(C)C2)cc1. The molecule has 2 rings (SSSR count). The standard InChI is InChI=1S/C12H18N2O2S/c1-10-7-8-14(9-10)17(15,16)12-5-3-11(13-2)4-6-12/h3-6,10,13H,7-9H2,1-2H3. The molecular weight excluding hydrogens is 236 g/mol. The molecule has 1 unspecified atom stereocenters. The van der Waals surface area contributed by atoms with E-state index in [1.165, 1.54) is 0 Å². The molecule has 0 amide bonds. The van der Waals surface area contributed by atoms with Crippen molar-refractivity contribution in [3.63, 3.8) is 0 Å². The van der Waals surface area contributed by atoms with Gasteiger partial charge in [-0.25, -0.2) is 8.42 Å². The summed E-state index contributed by atoms with van der Waals surface area (Å²) >= 11 is 0. The van der Waals surface area contributed by atoms with Crippen LogP contribution in [0.15, 0.2) is 29.2 Å². The Labute approximate surface area is 103 Å². The van der Waals surface area contributed by atoms with E-state index in [-0.39, 0.29) is 0 Å². The number of anilines is 1. The van der Waals surface area contributed by atoms with Gasteiger partial charge in [-0.1, -0.05) is 6.92 Å². The van der Waals surface area contributed by atoms with E-state index < -0.39 is 10.0 Å². The molecule has 1 aromatic rings. The molecule has 1 saturated heterocycles. The highest BCUT2D eigenvalue weighted by molar-refractivity contribution is 7.89. The summed E-state index contributed by atoms with van der Waals surface area (Å²) in [5, 5.41) is 2.97. The first-order valence-corrected chi connectivity index (χ1v) is 7.26. The van der Waals surface area contributed by atoms with Gasteiger partial charge in [-0.2, -0.15) is 4.31 Å². The van der Waals surface area contributed by atoms with Crippen LogP contribution >= 0.6 is 0 Å². The fourth-order valence-corrected chi connectivity index (χ4v) is 3.63. The Hall–Kier alpha value is -1.07. The molecule has 1 aliphatic heterocycles. The van der Waals surface area contributed by atoms with Crippen LogP contribution in [0, 0.1) is 5.92 Å². The number of hydrogen-bond donors (Lipinski definition) is 1. The summed E-state index contributed by atoms with van der Waals surface area (Å²) in [6, 6.07) is 6.88. The van der Waals surface area contributed by atoms with Gasteiger partial charge in [-0.3, -0.25) is 0 Å². The first-order chi connectivity index (χ1) is 8.04. The summed E-state index contributed by atoms with van der Waals surface area (Å²) in [5.74, 6) is 0.460. The van der Waals surface area contributed by atoms with Gasteiger partial charge in [-0.05, 0) is 36.6 Å². The van der Waals surface area contributed by atoms with Crippen molar-refractivity contribution in [2.75, 3.05) is 25.5 Å². The molecule has 0 aliphatic carbocycles. The number of nitrogens with one attached hydrogen (secondary N) is 1. The van der Waals surface area contributed by atoms with Crippen molar-refractivity contribution in [3.8, 4) is 0 Å². The monoisotopic (exact) mass is 254 g/mol. The molecule has 0 bridgehead atoms.